The summed E-state index contributed by atoms with van der Waals surface area (Å²) in [6.07, 6.45) is 1.64. The Morgan fingerprint density at radius 2 is 1.84 bits per heavy atom. The molecule has 2 aromatic rings. The lowest BCUT2D eigenvalue weighted by Gasteiger charge is -2.28. The van der Waals surface area contributed by atoms with E-state index in [0.717, 1.165) is 49.2 Å². The molecule has 4 rings (SSSR count). The number of ether oxygens (including phenoxy) is 1. The monoisotopic (exact) mass is 430 g/mol. The molecule has 2 amide bonds. The van der Waals surface area contributed by atoms with Crippen LogP contribution in [0.5, 0.6) is 0 Å². The zero-order chi connectivity index (χ0) is 22.5. The Balaban J connectivity index is 1.55. The van der Waals surface area contributed by atoms with Crippen LogP contribution in [-0.4, -0.2) is 61.0 Å². The number of rotatable bonds is 6. The third kappa shape index (κ3) is 4.42. The molecule has 0 aromatic heterocycles. The summed E-state index contributed by atoms with van der Waals surface area (Å²) in [7, 11) is 0. The second-order valence-electron chi connectivity index (χ2n) is 7.91. The number of morpholine rings is 1. The van der Waals surface area contributed by atoms with Gasteiger partial charge in [-0.2, -0.15) is 5.26 Å². The van der Waals surface area contributed by atoms with E-state index in [9.17, 15) is 14.9 Å². The van der Waals surface area contributed by atoms with Gasteiger partial charge in [0.05, 0.1) is 25.3 Å². The molecular weight excluding hydrogens is 404 g/mol. The maximum atomic E-state index is 13.3. The van der Waals surface area contributed by atoms with Gasteiger partial charge in [-0.3, -0.25) is 19.4 Å². The molecule has 0 saturated carbocycles. The summed E-state index contributed by atoms with van der Waals surface area (Å²) >= 11 is 0. The first kappa shape index (κ1) is 21.8. The highest BCUT2D eigenvalue weighted by molar-refractivity contribution is 6.18. The third-order valence-corrected chi connectivity index (χ3v) is 5.96. The standard InChI is InChI=1S/C25H26N4O3/c1-18-22(15-26)24(30)29(17-20-7-4-6-19-5-2-3-8-21(19)20)25(31)23(18)16-27-9-10-28-11-13-32-14-12-28/h2-8,16,27H,9-14,17H2,1H3. The predicted octanol–water partition coefficient (Wildman–Crippen LogP) is 2.35. The van der Waals surface area contributed by atoms with E-state index in [1.807, 2.05) is 48.5 Å². The number of hydrogen-bond acceptors (Lipinski definition) is 6. The van der Waals surface area contributed by atoms with Gasteiger partial charge >= 0.3 is 0 Å². The number of fused-ring (bicyclic) bond motifs is 1. The van der Waals surface area contributed by atoms with Crippen LogP contribution < -0.4 is 5.32 Å². The van der Waals surface area contributed by atoms with Crippen molar-refractivity contribution in [1.82, 2.24) is 15.1 Å². The van der Waals surface area contributed by atoms with Crippen LogP contribution >= 0.6 is 0 Å². The molecule has 164 valence electrons. The van der Waals surface area contributed by atoms with Crippen molar-refractivity contribution in [2.24, 2.45) is 0 Å². The Labute approximate surface area is 187 Å². The molecule has 0 spiro atoms. The van der Waals surface area contributed by atoms with Crippen molar-refractivity contribution in [2.45, 2.75) is 13.5 Å². The first-order valence-corrected chi connectivity index (χ1v) is 10.8. The number of amides is 2. The average Bonchev–Trinajstić information content (AvgIpc) is 2.82. The van der Waals surface area contributed by atoms with Gasteiger partial charge in [-0.15, -0.1) is 0 Å². The highest BCUT2D eigenvalue weighted by atomic mass is 16.5. The van der Waals surface area contributed by atoms with Gasteiger partial charge in [-0.1, -0.05) is 42.5 Å². The number of nitrogens with zero attached hydrogens (tertiary/aromatic N) is 3. The van der Waals surface area contributed by atoms with Crippen LogP contribution in [0.15, 0.2) is 65.4 Å². The van der Waals surface area contributed by atoms with Crippen LogP contribution in [0.3, 0.4) is 0 Å². The Morgan fingerprint density at radius 1 is 1.09 bits per heavy atom. The highest BCUT2D eigenvalue weighted by Gasteiger charge is 2.35. The number of benzene rings is 2. The summed E-state index contributed by atoms with van der Waals surface area (Å²) in [6, 6.07) is 15.7. The molecule has 1 saturated heterocycles. The maximum absolute atomic E-state index is 13.3. The summed E-state index contributed by atoms with van der Waals surface area (Å²) < 4.78 is 5.36. The molecular formula is C25H26N4O3. The summed E-state index contributed by atoms with van der Waals surface area (Å²) in [5.41, 5.74) is 1.63. The van der Waals surface area contributed by atoms with Crippen LogP contribution in [0.2, 0.25) is 0 Å². The number of carbonyl (C=O) groups excluding carboxylic acids is 2. The third-order valence-electron chi connectivity index (χ3n) is 5.96. The summed E-state index contributed by atoms with van der Waals surface area (Å²) in [6.45, 7) is 6.50. The molecule has 7 nitrogen and oxygen atoms in total. The Morgan fingerprint density at radius 3 is 2.62 bits per heavy atom. The van der Waals surface area contributed by atoms with Gasteiger partial charge in [0.15, 0.2) is 0 Å². The van der Waals surface area contributed by atoms with E-state index in [4.69, 9.17) is 4.74 Å². The molecule has 2 aromatic carbocycles. The van der Waals surface area contributed by atoms with Crippen LogP contribution in [0, 0.1) is 11.3 Å². The molecule has 2 aliphatic rings. The Bertz CT molecular complexity index is 1130. The Hall–Kier alpha value is -3.47. The van der Waals surface area contributed by atoms with Gasteiger partial charge in [0.25, 0.3) is 11.8 Å². The fourth-order valence-corrected chi connectivity index (χ4v) is 4.10. The minimum Gasteiger partial charge on any atom is -0.389 e. The smallest absolute Gasteiger partial charge is 0.271 e. The largest absolute Gasteiger partial charge is 0.389 e. The van der Waals surface area contributed by atoms with Crippen molar-refractivity contribution < 1.29 is 14.3 Å². The molecule has 2 aliphatic heterocycles. The molecule has 7 heteroatoms. The minimum absolute atomic E-state index is 0.00562. The van der Waals surface area contributed by atoms with E-state index < -0.39 is 11.8 Å². The van der Waals surface area contributed by atoms with Crippen molar-refractivity contribution in [3.8, 4) is 6.07 Å². The van der Waals surface area contributed by atoms with Crippen molar-refractivity contribution in [3.63, 3.8) is 0 Å². The van der Waals surface area contributed by atoms with Gasteiger partial charge in [-0.05, 0) is 28.8 Å². The van der Waals surface area contributed by atoms with Crippen LogP contribution in [0.4, 0.5) is 0 Å². The summed E-state index contributed by atoms with van der Waals surface area (Å²) in [5, 5.41) is 14.8. The maximum Gasteiger partial charge on any atom is 0.271 e. The minimum atomic E-state index is -0.548. The van der Waals surface area contributed by atoms with E-state index in [1.54, 1.807) is 13.1 Å². The molecule has 0 aliphatic carbocycles. The second-order valence-corrected chi connectivity index (χ2v) is 7.91. The van der Waals surface area contributed by atoms with Crippen molar-refractivity contribution >= 4 is 22.6 Å². The molecule has 1 fully saturated rings. The Kier molecular flexibility index (Phi) is 6.64. The van der Waals surface area contributed by atoms with Gasteiger partial charge < -0.3 is 10.1 Å². The topological polar surface area (TPSA) is 85.7 Å². The quantitative estimate of drug-likeness (QED) is 0.430. The number of nitriles is 1. The van der Waals surface area contributed by atoms with E-state index in [1.165, 1.54) is 4.90 Å². The molecule has 32 heavy (non-hydrogen) atoms. The average molecular weight is 431 g/mol. The van der Waals surface area contributed by atoms with Crippen molar-refractivity contribution in [2.75, 3.05) is 39.4 Å². The lowest BCUT2D eigenvalue weighted by atomic mass is 9.95. The van der Waals surface area contributed by atoms with Crippen molar-refractivity contribution in [1.29, 1.82) is 5.26 Å². The summed E-state index contributed by atoms with van der Waals surface area (Å²) in [4.78, 5) is 29.7. The fraction of sp³-hybridized carbons (Fsp3) is 0.320. The van der Waals surface area contributed by atoms with E-state index >= 15 is 0 Å². The lowest BCUT2D eigenvalue weighted by molar-refractivity contribution is -0.141. The molecule has 0 unspecified atom stereocenters. The first-order chi connectivity index (χ1) is 15.6. The van der Waals surface area contributed by atoms with Crippen LogP contribution in [0.1, 0.15) is 12.5 Å². The zero-order valence-corrected chi connectivity index (χ0v) is 18.1. The van der Waals surface area contributed by atoms with Crippen LogP contribution in [0.25, 0.3) is 10.8 Å². The second kappa shape index (κ2) is 9.77. The van der Waals surface area contributed by atoms with Crippen LogP contribution in [-0.2, 0) is 20.9 Å². The van der Waals surface area contributed by atoms with E-state index in [2.05, 4.69) is 10.2 Å². The number of nitrogens with one attached hydrogen (secondary N) is 1. The molecule has 0 atom stereocenters. The molecule has 0 bridgehead atoms. The number of carbonyl (C=O) groups is 2. The summed E-state index contributed by atoms with van der Waals surface area (Å²) in [5.74, 6) is -0.938. The zero-order valence-electron chi connectivity index (χ0n) is 18.1. The predicted molar refractivity (Wildman–Crippen MR) is 121 cm³/mol. The van der Waals surface area contributed by atoms with Gasteiger partial charge in [-0.25, -0.2) is 0 Å². The molecule has 0 radical (unpaired) electrons. The lowest BCUT2D eigenvalue weighted by Crippen LogP contribution is -2.43. The van der Waals surface area contributed by atoms with Crippen molar-refractivity contribution in [3.05, 3.63) is 70.9 Å². The molecule has 1 N–H and O–H groups in total. The normalized spacial score (nSPS) is 19.0. The van der Waals surface area contributed by atoms with Gasteiger partial charge in [0.2, 0.25) is 0 Å². The van der Waals surface area contributed by atoms with Gasteiger partial charge in [0.1, 0.15) is 11.6 Å². The number of imide groups is 1. The first-order valence-electron chi connectivity index (χ1n) is 10.8. The van der Waals surface area contributed by atoms with Gasteiger partial charge in [0, 0.05) is 32.4 Å². The molecule has 2 heterocycles. The van der Waals surface area contributed by atoms with E-state index in [-0.39, 0.29) is 12.1 Å². The highest BCUT2D eigenvalue weighted by Crippen LogP contribution is 2.28. The SMILES string of the molecule is CC1=C(C#N)C(=O)N(Cc2cccc3ccccc23)C(=O)C1=CNCCN1CCOCC1. The van der Waals surface area contributed by atoms with E-state index in [0.29, 0.717) is 17.7 Å². The number of hydrogen-bond donors (Lipinski definition) is 1. The fourth-order valence-electron chi connectivity index (χ4n) is 4.10.